The van der Waals surface area contributed by atoms with Gasteiger partial charge in [0.2, 0.25) is 0 Å². The van der Waals surface area contributed by atoms with Crippen LogP contribution in [0.1, 0.15) is 22.3 Å². The molecule has 0 aliphatic rings. The van der Waals surface area contributed by atoms with Crippen LogP contribution in [0.4, 0.5) is 22.7 Å². The van der Waals surface area contributed by atoms with Gasteiger partial charge >= 0.3 is 19.5 Å². The second kappa shape index (κ2) is 14.9. The Bertz CT molecular complexity index is 1100. The summed E-state index contributed by atoms with van der Waals surface area (Å²) in [5.41, 5.74) is 9.38. The molecule has 1 radical (unpaired) electrons. The summed E-state index contributed by atoms with van der Waals surface area (Å²) in [5, 5.41) is 4.03. The molecule has 0 saturated carbocycles. The van der Waals surface area contributed by atoms with E-state index < -0.39 is 0 Å². The van der Waals surface area contributed by atoms with Gasteiger partial charge in [-0.2, -0.15) is 0 Å². The Balaban J connectivity index is 0.000000240. The maximum Gasteiger partial charge on any atom is 2.00 e. The molecule has 0 aromatic heterocycles. The first-order valence-electron chi connectivity index (χ1n) is 11.5. The molecule has 35 heavy (non-hydrogen) atoms. The van der Waals surface area contributed by atoms with Crippen molar-refractivity contribution in [2.75, 3.05) is 0 Å². The Morgan fingerprint density at radius 3 is 0.971 bits per heavy atom. The van der Waals surface area contributed by atoms with E-state index in [1.54, 1.807) is 0 Å². The van der Waals surface area contributed by atoms with Gasteiger partial charge in [0.15, 0.2) is 12.7 Å². The molecule has 4 nitrogen and oxygen atoms in total. The van der Waals surface area contributed by atoms with Crippen molar-refractivity contribution < 1.29 is 30.1 Å². The van der Waals surface area contributed by atoms with Gasteiger partial charge in [0.1, 0.15) is 11.4 Å². The van der Waals surface area contributed by atoms with Crippen LogP contribution in [0.2, 0.25) is 0 Å². The van der Waals surface area contributed by atoms with Gasteiger partial charge in [-0.05, 0) is 76.2 Å². The number of benzene rings is 4. The quantitative estimate of drug-likeness (QED) is 0.133. The zero-order chi connectivity index (χ0) is 24.2. The number of hydrogen-bond donors (Lipinski definition) is 2. The monoisotopic (exact) mass is 553 g/mol. The van der Waals surface area contributed by atoms with E-state index in [1.807, 2.05) is 47.6 Å². The molecule has 5 heteroatoms. The molecule has 0 heterocycles. The van der Waals surface area contributed by atoms with Crippen molar-refractivity contribution in [3.63, 3.8) is 0 Å². The first-order chi connectivity index (χ1) is 16.5. The molecular formula is C30H34N4Rh+4. The largest absolute Gasteiger partial charge is 2.00 e. The molecule has 0 aliphatic heterocycles. The van der Waals surface area contributed by atoms with E-state index in [0.717, 1.165) is 11.4 Å². The molecule has 0 fully saturated rings. The fourth-order valence-corrected chi connectivity index (χ4v) is 3.04. The average Bonchev–Trinajstić information content (AvgIpc) is 2.85. The molecule has 0 saturated heterocycles. The third kappa shape index (κ3) is 10.7. The van der Waals surface area contributed by atoms with E-state index in [0.29, 0.717) is 0 Å². The van der Waals surface area contributed by atoms with Gasteiger partial charge in [0, 0.05) is 0 Å². The summed E-state index contributed by atoms with van der Waals surface area (Å²) in [6.07, 6.45) is 3.69. The minimum Gasteiger partial charge on any atom is -0.272 e. The molecule has 4 aromatic carbocycles. The van der Waals surface area contributed by atoms with E-state index in [1.165, 1.54) is 33.6 Å². The van der Waals surface area contributed by atoms with Crippen molar-refractivity contribution in [3.05, 3.63) is 119 Å². The van der Waals surface area contributed by atoms with E-state index >= 15 is 0 Å². The van der Waals surface area contributed by atoms with Crippen LogP contribution in [-0.4, -0.2) is 12.7 Å². The fourth-order valence-electron chi connectivity index (χ4n) is 3.04. The number of aryl methyl sites for hydroxylation is 4. The van der Waals surface area contributed by atoms with Crippen LogP contribution >= 0.6 is 0 Å². The van der Waals surface area contributed by atoms with Gasteiger partial charge in [-0.3, -0.25) is 10.6 Å². The Labute approximate surface area is 222 Å². The second-order valence-corrected chi connectivity index (χ2v) is 8.38. The number of quaternary nitrogens is 2. The van der Waals surface area contributed by atoms with E-state index in [-0.39, 0.29) is 19.5 Å². The van der Waals surface area contributed by atoms with Crippen molar-refractivity contribution in [3.8, 4) is 0 Å². The van der Waals surface area contributed by atoms with E-state index in [4.69, 9.17) is 0 Å². The average molecular weight is 554 g/mol. The van der Waals surface area contributed by atoms with Gasteiger partial charge in [0.25, 0.3) is 0 Å². The third-order valence-electron chi connectivity index (χ3n) is 5.20. The van der Waals surface area contributed by atoms with Crippen molar-refractivity contribution in [1.82, 2.24) is 0 Å². The summed E-state index contributed by atoms with van der Waals surface area (Å²) in [5.74, 6) is 0. The van der Waals surface area contributed by atoms with Gasteiger partial charge in [-0.1, -0.05) is 70.8 Å². The standard InChI is InChI=1S/2C15H16N2.Rh/c2*1-12-3-7-14(8-4-12)16-11-17-15-9-5-13(2)6-10-15;/h2*3-11H,1-2H3,(H,16,17);/q;;+2/p+2. The predicted octanol–water partition coefficient (Wildman–Crippen LogP) is 5.71. The zero-order valence-electron chi connectivity index (χ0n) is 20.8. The van der Waals surface area contributed by atoms with Crippen molar-refractivity contribution in [2.45, 2.75) is 27.7 Å². The minimum absolute atomic E-state index is 0. The van der Waals surface area contributed by atoms with Crippen LogP contribution in [0.3, 0.4) is 0 Å². The van der Waals surface area contributed by atoms with Crippen molar-refractivity contribution in [2.24, 2.45) is 9.98 Å². The maximum absolute atomic E-state index is 4.38. The predicted molar refractivity (Wildman–Crippen MR) is 144 cm³/mol. The van der Waals surface area contributed by atoms with Crippen molar-refractivity contribution >= 4 is 35.4 Å². The summed E-state index contributed by atoms with van der Waals surface area (Å²) in [4.78, 5) is 8.77. The van der Waals surface area contributed by atoms with Gasteiger partial charge in [0.05, 0.1) is 11.4 Å². The van der Waals surface area contributed by atoms with E-state index in [2.05, 4.69) is 110 Å². The number of nitrogens with two attached hydrogens (primary N) is 2. The summed E-state index contributed by atoms with van der Waals surface area (Å²) in [7, 11) is 0. The summed E-state index contributed by atoms with van der Waals surface area (Å²) >= 11 is 0. The molecule has 0 unspecified atom stereocenters. The molecule has 4 N–H and O–H groups in total. The molecule has 0 aliphatic carbocycles. The van der Waals surface area contributed by atoms with Crippen LogP contribution in [0.5, 0.6) is 0 Å². The molecule has 0 atom stereocenters. The maximum atomic E-state index is 4.38. The molecule has 4 rings (SSSR count). The Morgan fingerprint density at radius 1 is 0.429 bits per heavy atom. The van der Waals surface area contributed by atoms with Gasteiger partial charge in [-0.25, -0.2) is 9.98 Å². The minimum atomic E-state index is 0. The molecule has 179 valence electrons. The Hall–Kier alpha value is -3.24. The van der Waals surface area contributed by atoms with Crippen LogP contribution in [0.25, 0.3) is 0 Å². The van der Waals surface area contributed by atoms with Crippen LogP contribution in [0, 0.1) is 27.7 Å². The SMILES string of the molecule is Cc1ccc(N=C[NH2+]c2ccc(C)cc2)cc1.Cc1ccc(N=C[NH2+]c2ccc(C)cc2)cc1.[Rh+2]. The second-order valence-electron chi connectivity index (χ2n) is 8.38. The topological polar surface area (TPSA) is 57.9 Å². The molecule has 0 amide bonds. The Kier molecular flexibility index (Phi) is 11.9. The summed E-state index contributed by atoms with van der Waals surface area (Å²) in [6, 6.07) is 33.1. The van der Waals surface area contributed by atoms with Crippen LogP contribution < -0.4 is 10.6 Å². The normalized spacial score (nSPS) is 10.6. The zero-order valence-corrected chi connectivity index (χ0v) is 22.4. The molecule has 4 aromatic rings. The molecule has 0 spiro atoms. The first kappa shape index (κ1) is 28.0. The van der Waals surface area contributed by atoms with Crippen LogP contribution in [0.15, 0.2) is 107 Å². The van der Waals surface area contributed by atoms with E-state index in [9.17, 15) is 0 Å². The number of rotatable bonds is 6. The molecular weight excluding hydrogens is 519 g/mol. The summed E-state index contributed by atoms with van der Waals surface area (Å²) < 4.78 is 0. The number of aliphatic imine (C=N–C) groups is 2. The number of hydrogen-bond acceptors (Lipinski definition) is 2. The third-order valence-corrected chi connectivity index (χ3v) is 5.20. The van der Waals surface area contributed by atoms with Gasteiger partial charge < -0.3 is 0 Å². The smallest absolute Gasteiger partial charge is 0.272 e. The summed E-state index contributed by atoms with van der Waals surface area (Å²) in [6.45, 7) is 8.33. The first-order valence-corrected chi connectivity index (χ1v) is 11.5. The van der Waals surface area contributed by atoms with Crippen molar-refractivity contribution in [1.29, 1.82) is 0 Å². The van der Waals surface area contributed by atoms with Crippen LogP contribution in [-0.2, 0) is 19.5 Å². The molecule has 0 bridgehead atoms. The number of nitrogens with zero attached hydrogens (tertiary/aromatic N) is 2. The fraction of sp³-hybridized carbons (Fsp3) is 0.133. The van der Waals surface area contributed by atoms with Gasteiger partial charge in [-0.15, -0.1) is 0 Å². The Morgan fingerprint density at radius 2 is 0.686 bits per heavy atom.